The Morgan fingerprint density at radius 3 is 2.37 bits per heavy atom. The number of carbonyl (C=O) groups is 4. The summed E-state index contributed by atoms with van der Waals surface area (Å²) in [5, 5.41) is 20.2. The molecule has 21 heteroatoms. The fourth-order valence-electron chi connectivity index (χ4n) is 3.51. The minimum absolute atomic E-state index is 0. The van der Waals surface area contributed by atoms with E-state index in [0.29, 0.717) is 5.56 Å². The number of β-lactam (4-membered cyclic amide) rings is 1. The van der Waals surface area contributed by atoms with Crippen molar-refractivity contribution in [2.24, 2.45) is 5.16 Å². The van der Waals surface area contributed by atoms with Crippen molar-refractivity contribution in [1.82, 2.24) is 19.9 Å². The number of benzene rings is 1. The number of nitrogens with one attached hydrogen (secondary N) is 2. The van der Waals surface area contributed by atoms with Gasteiger partial charge >= 0.3 is 35.5 Å². The van der Waals surface area contributed by atoms with E-state index in [0.717, 1.165) is 25.2 Å². The molecule has 43 heavy (non-hydrogen) atoms. The summed E-state index contributed by atoms with van der Waals surface area (Å²) in [5.74, 6) is -4.24. The van der Waals surface area contributed by atoms with E-state index in [1.807, 2.05) is 0 Å². The zero-order chi connectivity index (χ0) is 31.6. The molecule has 0 spiro atoms. The fraction of sp³-hybridized carbons (Fsp3) is 0.364. The molecule has 0 aliphatic carbocycles. The zero-order valence-electron chi connectivity index (χ0n) is 23.3. The van der Waals surface area contributed by atoms with E-state index in [1.54, 1.807) is 0 Å². The van der Waals surface area contributed by atoms with Gasteiger partial charge in [-0.05, 0) is 38.5 Å². The molecular formula is C22H24N7NaO11S2. The second-order valence-corrected chi connectivity index (χ2v) is 11.6. The second kappa shape index (κ2) is 13.3. The summed E-state index contributed by atoms with van der Waals surface area (Å²) < 4.78 is 39.7. The van der Waals surface area contributed by atoms with E-state index in [9.17, 15) is 42.3 Å². The van der Waals surface area contributed by atoms with E-state index in [2.05, 4.69) is 20.8 Å². The van der Waals surface area contributed by atoms with Crippen LogP contribution >= 0.6 is 11.3 Å². The molecule has 18 nitrogen and oxygen atoms in total. The topological polar surface area (TPSA) is 266 Å². The maximum Gasteiger partial charge on any atom is 1.00 e. The van der Waals surface area contributed by atoms with Crippen LogP contribution in [0, 0.1) is 10.1 Å². The van der Waals surface area contributed by atoms with Crippen LogP contribution in [0.15, 0.2) is 34.8 Å². The van der Waals surface area contributed by atoms with E-state index in [4.69, 9.17) is 15.3 Å². The molecule has 1 aromatic carbocycles. The Morgan fingerprint density at radius 1 is 1.28 bits per heavy atom. The number of carbonyl (C=O) groups excluding carboxylic acids is 4. The SMILES string of the molecule is CC(=O)N[C@@H]1N(S(=O)(=O)[O-])C(=O)[C@]1(C)NC(=O)C(=NOC(C)(C)C(=O)OCc1ccc([N+](=O)[O-])cc1)c1csc(N)n1.[Na+]. The Kier molecular flexibility index (Phi) is 11.0. The van der Waals surface area contributed by atoms with E-state index >= 15 is 0 Å². The molecule has 0 unspecified atom stereocenters. The van der Waals surface area contributed by atoms with Crippen molar-refractivity contribution in [2.45, 2.75) is 51.6 Å². The smallest absolute Gasteiger partial charge is 0.731 e. The van der Waals surface area contributed by atoms with Crippen LogP contribution in [0.2, 0.25) is 0 Å². The number of anilines is 1. The zero-order valence-corrected chi connectivity index (χ0v) is 27.0. The summed E-state index contributed by atoms with van der Waals surface area (Å²) in [6, 6.07) is 5.24. The van der Waals surface area contributed by atoms with Crippen LogP contribution in [0.4, 0.5) is 10.8 Å². The number of ether oxygens (including phenoxy) is 1. The largest absolute Gasteiger partial charge is 1.00 e. The molecule has 0 saturated carbocycles. The number of nitro groups is 1. The predicted octanol–water partition coefficient (Wildman–Crippen LogP) is -3.48. The van der Waals surface area contributed by atoms with Gasteiger partial charge in [0, 0.05) is 24.4 Å². The van der Waals surface area contributed by atoms with Gasteiger partial charge in [-0.15, -0.1) is 11.3 Å². The van der Waals surface area contributed by atoms with Gasteiger partial charge in [-0.1, -0.05) is 5.16 Å². The van der Waals surface area contributed by atoms with Crippen molar-refractivity contribution in [1.29, 1.82) is 0 Å². The van der Waals surface area contributed by atoms with Gasteiger partial charge < -0.3 is 30.5 Å². The van der Waals surface area contributed by atoms with Crippen LogP contribution < -0.4 is 45.9 Å². The summed E-state index contributed by atoms with van der Waals surface area (Å²) in [6.45, 7) is 4.33. The van der Waals surface area contributed by atoms with Gasteiger partial charge in [-0.2, -0.15) is 0 Å². The summed E-state index contributed by atoms with van der Waals surface area (Å²) in [4.78, 5) is 69.7. The van der Waals surface area contributed by atoms with Crippen LogP contribution in [-0.4, -0.2) is 73.9 Å². The number of hydrogen-bond acceptors (Lipinski definition) is 15. The number of esters is 1. The summed E-state index contributed by atoms with van der Waals surface area (Å²) in [7, 11) is -5.35. The monoisotopic (exact) mass is 649 g/mol. The molecule has 1 saturated heterocycles. The number of nitrogens with two attached hydrogens (primary N) is 1. The van der Waals surface area contributed by atoms with Gasteiger partial charge in [0.25, 0.3) is 17.5 Å². The van der Waals surface area contributed by atoms with Crippen molar-refractivity contribution in [3.63, 3.8) is 0 Å². The Balaban J connectivity index is 0.00000645. The third-order valence-electron chi connectivity index (χ3n) is 5.73. The quantitative estimate of drug-likeness (QED) is 0.0407. The average molecular weight is 650 g/mol. The van der Waals surface area contributed by atoms with Crippen molar-refractivity contribution >= 4 is 61.9 Å². The molecule has 3 amide bonds. The number of nitrogen functional groups attached to an aromatic ring is 1. The van der Waals surface area contributed by atoms with E-state index in [-0.39, 0.29) is 57.0 Å². The van der Waals surface area contributed by atoms with Gasteiger partial charge in [-0.25, -0.2) is 22.5 Å². The Bertz CT molecular complexity index is 1580. The number of thiazole rings is 1. The van der Waals surface area contributed by atoms with Gasteiger partial charge in [0.1, 0.15) is 12.3 Å². The number of rotatable bonds is 11. The number of nitrogens with zero attached hydrogens (tertiary/aromatic N) is 4. The number of aromatic nitrogens is 1. The molecule has 0 radical (unpaired) electrons. The number of amides is 3. The minimum Gasteiger partial charge on any atom is -0.731 e. The Labute approximate surface area is 270 Å². The summed E-state index contributed by atoms with van der Waals surface area (Å²) >= 11 is 0.913. The molecule has 1 aromatic heterocycles. The van der Waals surface area contributed by atoms with E-state index < -0.39 is 61.9 Å². The molecule has 2 aromatic rings. The molecule has 3 rings (SSSR count). The first-order valence-electron chi connectivity index (χ1n) is 11.6. The van der Waals surface area contributed by atoms with Crippen molar-refractivity contribution in [3.05, 3.63) is 51.0 Å². The summed E-state index contributed by atoms with van der Waals surface area (Å²) in [5.41, 5.74) is 1.27. The maximum absolute atomic E-state index is 13.3. The Morgan fingerprint density at radius 2 is 1.88 bits per heavy atom. The predicted molar refractivity (Wildman–Crippen MR) is 142 cm³/mol. The molecule has 2 atom stereocenters. The molecule has 4 N–H and O–H groups in total. The van der Waals surface area contributed by atoms with Crippen molar-refractivity contribution in [3.8, 4) is 0 Å². The number of nitro benzene ring substituents is 1. The molecule has 1 aliphatic heterocycles. The Hall–Kier alpha value is -3.69. The normalized spacial score (nSPS) is 18.5. The van der Waals surface area contributed by atoms with Crippen LogP contribution in [0.25, 0.3) is 0 Å². The van der Waals surface area contributed by atoms with Crippen LogP contribution in [0.1, 0.15) is 39.0 Å². The first-order valence-corrected chi connectivity index (χ1v) is 13.9. The standard InChI is InChI=1S/C22H25N7O11S2.Na/c1-11(30)24-17-22(4,18(32)28(17)42(36,37)38)26-16(31)15(14-10-41-20(23)25-14)27-40-21(2,3)19(33)39-9-12-5-7-13(8-6-12)29(34)35;/h5-8,10,17H,9H2,1-4H3,(H2,23,25)(H,24,30)(H,26,31)(H,36,37,38);/q;+1/p-1/t17-,22-;/m1./s1. The van der Waals surface area contributed by atoms with Gasteiger partial charge in [0.2, 0.25) is 11.5 Å². The fourth-order valence-corrected chi connectivity index (χ4v) is 4.97. The van der Waals surface area contributed by atoms with Gasteiger partial charge in [0.05, 0.1) is 4.92 Å². The van der Waals surface area contributed by atoms with Crippen LogP contribution in [0.3, 0.4) is 0 Å². The molecule has 1 aliphatic rings. The van der Waals surface area contributed by atoms with Crippen LogP contribution in [0.5, 0.6) is 0 Å². The molecule has 1 fully saturated rings. The number of oxime groups is 1. The van der Waals surface area contributed by atoms with Gasteiger partial charge in [-0.3, -0.25) is 24.5 Å². The van der Waals surface area contributed by atoms with Gasteiger partial charge in [0.15, 0.2) is 32.9 Å². The summed E-state index contributed by atoms with van der Waals surface area (Å²) in [6.07, 6.45) is -1.76. The molecule has 226 valence electrons. The van der Waals surface area contributed by atoms with Crippen molar-refractivity contribution < 1.29 is 76.2 Å². The maximum atomic E-state index is 13.3. The molecule has 0 bridgehead atoms. The first-order chi connectivity index (χ1) is 19.4. The number of hydrogen-bond donors (Lipinski definition) is 3. The average Bonchev–Trinajstić information content (AvgIpc) is 3.31. The van der Waals surface area contributed by atoms with Crippen molar-refractivity contribution in [2.75, 3.05) is 5.73 Å². The number of non-ortho nitro benzene ring substituents is 1. The molecule has 2 heterocycles. The second-order valence-electron chi connectivity index (χ2n) is 9.43. The third kappa shape index (κ3) is 8.03. The molecular weight excluding hydrogens is 625 g/mol. The third-order valence-corrected chi connectivity index (χ3v) is 7.27. The first kappa shape index (κ1) is 35.5. The minimum atomic E-state index is -5.35. The van der Waals surface area contributed by atoms with Crippen LogP contribution in [-0.2, 0) is 45.7 Å². The van der Waals surface area contributed by atoms with E-state index in [1.165, 1.54) is 43.5 Å².